The van der Waals surface area contributed by atoms with Crippen LogP contribution in [0.15, 0.2) is 17.1 Å². The van der Waals surface area contributed by atoms with E-state index in [4.69, 9.17) is 4.99 Å². The third kappa shape index (κ3) is 7.31. The molecule has 144 valence electrons. The fourth-order valence-electron chi connectivity index (χ4n) is 3.86. The smallest absolute Gasteiger partial charge is 0.221 e. The van der Waals surface area contributed by atoms with Crippen LogP contribution in [-0.4, -0.2) is 42.0 Å². The van der Waals surface area contributed by atoms with E-state index in [1.165, 1.54) is 51.4 Å². The third-order valence-electron chi connectivity index (χ3n) is 5.54. The summed E-state index contributed by atoms with van der Waals surface area (Å²) in [6, 6.07) is 0. The highest BCUT2D eigenvalue weighted by Crippen LogP contribution is 2.27. The van der Waals surface area contributed by atoms with Gasteiger partial charge in [-0.05, 0) is 32.6 Å². The highest BCUT2D eigenvalue weighted by Gasteiger charge is 2.42. The van der Waals surface area contributed by atoms with Gasteiger partial charge < -0.3 is 5.32 Å². The van der Waals surface area contributed by atoms with Crippen molar-refractivity contribution in [2.24, 2.45) is 4.99 Å². The zero-order chi connectivity index (χ0) is 18.5. The van der Waals surface area contributed by atoms with E-state index in [9.17, 15) is 4.79 Å². The normalized spacial score (nSPS) is 24.1. The van der Waals surface area contributed by atoms with Gasteiger partial charge >= 0.3 is 0 Å². The van der Waals surface area contributed by atoms with Crippen LogP contribution in [0.3, 0.4) is 0 Å². The first kappa shape index (κ1) is 21.9. The number of hydrogen-bond acceptors (Lipinski definition) is 2. The van der Waals surface area contributed by atoms with Crippen molar-refractivity contribution in [2.75, 3.05) is 13.1 Å². The third-order valence-corrected chi connectivity index (χ3v) is 5.54. The fraction of sp³-hybridized carbons (Fsp3) is 0.810. The summed E-state index contributed by atoms with van der Waals surface area (Å²) in [5.74, 6) is 0.0519. The van der Waals surface area contributed by atoms with Crippen LogP contribution in [0.4, 0.5) is 0 Å². The minimum absolute atomic E-state index is 0.0519. The summed E-state index contributed by atoms with van der Waals surface area (Å²) in [4.78, 5) is 16.2. The minimum atomic E-state index is 0.0519. The van der Waals surface area contributed by atoms with Crippen molar-refractivity contribution in [1.82, 2.24) is 5.32 Å². The van der Waals surface area contributed by atoms with Gasteiger partial charge in [0.05, 0.1) is 12.8 Å². The van der Waals surface area contributed by atoms with Gasteiger partial charge in [0.2, 0.25) is 5.91 Å². The van der Waals surface area contributed by atoms with Crippen LogP contribution < -0.4 is 5.32 Å². The predicted octanol–water partition coefficient (Wildman–Crippen LogP) is 4.80. The molecule has 4 heteroatoms. The lowest BCUT2D eigenvalue weighted by Gasteiger charge is -2.42. The van der Waals surface area contributed by atoms with Crippen LogP contribution in [0, 0.1) is 0 Å². The number of unbranched alkanes of at least 4 members (excludes halogenated alkanes) is 6. The van der Waals surface area contributed by atoms with Crippen LogP contribution in [-0.2, 0) is 4.79 Å². The zero-order valence-corrected chi connectivity index (χ0v) is 17.0. The number of carbonyl (C=O) groups excluding carboxylic acids is 1. The Hall–Kier alpha value is -1.16. The lowest BCUT2D eigenvalue weighted by atomic mass is 10.1. The summed E-state index contributed by atoms with van der Waals surface area (Å²) in [6.07, 6.45) is 18.5. The fourth-order valence-corrected chi connectivity index (χ4v) is 3.86. The van der Waals surface area contributed by atoms with Crippen molar-refractivity contribution in [3.8, 4) is 0 Å². The zero-order valence-electron chi connectivity index (χ0n) is 17.0. The van der Waals surface area contributed by atoms with Gasteiger partial charge in [0, 0.05) is 20.3 Å². The molecule has 1 N–H and O–H groups in total. The van der Waals surface area contributed by atoms with Gasteiger partial charge in [0.25, 0.3) is 0 Å². The lowest BCUT2D eigenvalue weighted by Crippen LogP contribution is -2.63. The van der Waals surface area contributed by atoms with Crippen molar-refractivity contribution in [2.45, 2.75) is 97.8 Å². The number of rotatable bonds is 13. The van der Waals surface area contributed by atoms with Crippen LogP contribution in [0.25, 0.3) is 0 Å². The minimum Gasteiger partial charge on any atom is -0.307 e. The van der Waals surface area contributed by atoms with Gasteiger partial charge in [-0.1, -0.05) is 44.8 Å². The van der Waals surface area contributed by atoms with E-state index in [-0.39, 0.29) is 12.1 Å². The molecule has 0 spiro atoms. The van der Waals surface area contributed by atoms with E-state index < -0.39 is 0 Å². The first-order chi connectivity index (χ1) is 12.1. The van der Waals surface area contributed by atoms with Crippen LogP contribution in [0.5, 0.6) is 0 Å². The maximum atomic E-state index is 11.5. The van der Waals surface area contributed by atoms with E-state index in [1.807, 2.05) is 0 Å². The average molecular weight is 351 g/mol. The molecule has 3 atom stereocenters. The van der Waals surface area contributed by atoms with Gasteiger partial charge in [0.15, 0.2) is 12.3 Å². The summed E-state index contributed by atoms with van der Waals surface area (Å²) in [6.45, 7) is 10.1. The molecule has 0 saturated carbocycles. The molecule has 0 aromatic heterocycles. The molecule has 3 unspecified atom stereocenters. The number of carbonyl (C=O) groups is 1. The summed E-state index contributed by atoms with van der Waals surface area (Å²) < 4.78 is 0.875. The molecule has 25 heavy (non-hydrogen) atoms. The topological polar surface area (TPSA) is 41.5 Å². The Balaban J connectivity index is 2.27. The van der Waals surface area contributed by atoms with Gasteiger partial charge in [-0.2, -0.15) is 0 Å². The molecule has 4 nitrogen and oxygen atoms in total. The van der Waals surface area contributed by atoms with E-state index in [0.717, 1.165) is 24.0 Å². The molecular formula is C21H40N3O+. The summed E-state index contributed by atoms with van der Waals surface area (Å²) in [5, 5.41) is 3.09. The molecule has 0 bridgehead atoms. The Kier molecular flexibility index (Phi) is 10.7. The van der Waals surface area contributed by atoms with Gasteiger partial charge in [-0.25, -0.2) is 4.99 Å². The Morgan fingerprint density at radius 1 is 1.20 bits per heavy atom. The largest absolute Gasteiger partial charge is 0.307 e. The van der Waals surface area contributed by atoms with Crippen molar-refractivity contribution in [3.63, 3.8) is 0 Å². The number of nitrogens with one attached hydrogen (secondary N) is 1. The second-order valence-corrected chi connectivity index (χ2v) is 7.40. The van der Waals surface area contributed by atoms with Crippen molar-refractivity contribution in [3.05, 3.63) is 12.2 Å². The summed E-state index contributed by atoms with van der Waals surface area (Å²) >= 11 is 0. The molecule has 0 aliphatic carbocycles. The number of amides is 1. The van der Waals surface area contributed by atoms with E-state index >= 15 is 0 Å². The maximum Gasteiger partial charge on any atom is 0.221 e. The first-order valence-electron chi connectivity index (χ1n) is 10.4. The molecule has 0 radical (unpaired) electrons. The van der Waals surface area contributed by atoms with Crippen molar-refractivity contribution >= 4 is 12.1 Å². The SMILES string of the molecule is CCCC/C=C/CCCCCCC1N=CC[N+]1(CC)C(C)NC(C)=O. The summed E-state index contributed by atoms with van der Waals surface area (Å²) in [5.41, 5.74) is 0. The van der Waals surface area contributed by atoms with Crippen LogP contribution in [0.1, 0.15) is 85.5 Å². The molecule has 0 fully saturated rings. The Bertz CT molecular complexity index is 433. The standard InChI is InChI=1S/C21H39N3O/c1-5-7-8-9-10-11-12-13-14-15-16-21-22-17-18-24(21,6-2)19(3)23-20(4)25/h9-10,17,19,21H,5-8,11-16,18H2,1-4H3/p+1/b10-9+. The maximum absolute atomic E-state index is 11.5. The summed E-state index contributed by atoms with van der Waals surface area (Å²) in [7, 11) is 0. The molecular weight excluding hydrogens is 310 g/mol. The Morgan fingerprint density at radius 2 is 1.88 bits per heavy atom. The lowest BCUT2D eigenvalue weighted by molar-refractivity contribution is -0.959. The second-order valence-electron chi connectivity index (χ2n) is 7.40. The highest BCUT2D eigenvalue weighted by molar-refractivity contribution is 5.73. The van der Waals surface area contributed by atoms with E-state index in [2.05, 4.69) is 44.5 Å². The monoisotopic (exact) mass is 350 g/mol. The molecule has 1 aliphatic heterocycles. The second kappa shape index (κ2) is 12.2. The Labute approximate surface area is 155 Å². The molecule has 0 aromatic rings. The average Bonchev–Trinajstić information content (AvgIpc) is 3.00. The Morgan fingerprint density at radius 3 is 2.52 bits per heavy atom. The number of aliphatic imine (C=N–C) groups is 1. The molecule has 1 heterocycles. The number of allylic oxidation sites excluding steroid dienone is 2. The van der Waals surface area contributed by atoms with Crippen molar-refractivity contribution in [1.29, 1.82) is 0 Å². The molecule has 1 amide bonds. The predicted molar refractivity (Wildman–Crippen MR) is 108 cm³/mol. The number of hydrogen-bond donors (Lipinski definition) is 1. The van der Waals surface area contributed by atoms with Crippen LogP contribution >= 0.6 is 0 Å². The molecule has 1 aliphatic rings. The number of quaternary nitrogens is 1. The molecule has 1 rings (SSSR count). The van der Waals surface area contributed by atoms with Gasteiger partial charge in [0.1, 0.15) is 6.54 Å². The van der Waals surface area contributed by atoms with E-state index in [1.54, 1.807) is 6.92 Å². The van der Waals surface area contributed by atoms with Gasteiger partial charge in [-0.3, -0.25) is 9.28 Å². The highest BCUT2D eigenvalue weighted by atomic mass is 16.1. The van der Waals surface area contributed by atoms with E-state index in [0.29, 0.717) is 6.17 Å². The quantitative estimate of drug-likeness (QED) is 0.289. The van der Waals surface area contributed by atoms with Crippen molar-refractivity contribution < 1.29 is 9.28 Å². The number of nitrogens with zero attached hydrogens (tertiary/aromatic N) is 2. The molecule has 0 saturated heterocycles. The molecule has 0 aromatic carbocycles. The first-order valence-corrected chi connectivity index (χ1v) is 10.4. The van der Waals surface area contributed by atoms with Crippen LogP contribution in [0.2, 0.25) is 0 Å². The van der Waals surface area contributed by atoms with Gasteiger partial charge in [-0.15, -0.1) is 0 Å².